The van der Waals surface area contributed by atoms with Crippen LogP contribution in [-0.2, 0) is 9.53 Å². The first-order valence-corrected chi connectivity index (χ1v) is 7.68. The standard InChI is InChI=1S/C19H16F3NO4/c1-26-13-8-9-16(14(10-13)18(25)27-2)23-17(24)11-15(19(20,21)22)12-6-4-3-5-7-12/h3-11H,1-2H3,(H,23,24)/b15-11-. The number of ether oxygens (including phenoxy) is 2. The van der Waals surface area contributed by atoms with E-state index < -0.39 is 23.6 Å². The van der Waals surface area contributed by atoms with Crippen molar-refractivity contribution in [1.82, 2.24) is 0 Å². The number of amides is 1. The van der Waals surface area contributed by atoms with Gasteiger partial charge in [0.15, 0.2) is 0 Å². The average Bonchev–Trinajstić information content (AvgIpc) is 2.65. The van der Waals surface area contributed by atoms with E-state index in [1.54, 1.807) is 6.07 Å². The number of carbonyl (C=O) groups is 2. The van der Waals surface area contributed by atoms with Crippen LogP contribution in [0, 0.1) is 0 Å². The lowest BCUT2D eigenvalue weighted by Crippen LogP contribution is -2.17. The van der Waals surface area contributed by atoms with Crippen molar-refractivity contribution in [2.24, 2.45) is 0 Å². The Labute approximate surface area is 153 Å². The van der Waals surface area contributed by atoms with E-state index in [1.807, 2.05) is 0 Å². The highest BCUT2D eigenvalue weighted by atomic mass is 19.4. The Hall–Kier alpha value is -3.29. The molecule has 1 N–H and O–H groups in total. The summed E-state index contributed by atoms with van der Waals surface area (Å²) in [5.41, 5.74) is -1.30. The molecule has 0 spiro atoms. The van der Waals surface area contributed by atoms with Gasteiger partial charge in [-0.25, -0.2) is 4.79 Å². The molecule has 1 amide bonds. The predicted octanol–water partition coefficient (Wildman–Crippen LogP) is 4.07. The Balaban J connectivity index is 2.38. The van der Waals surface area contributed by atoms with Crippen LogP contribution in [0.3, 0.4) is 0 Å². The first-order chi connectivity index (χ1) is 12.8. The Bertz CT molecular complexity index is 861. The van der Waals surface area contributed by atoms with Gasteiger partial charge in [0.1, 0.15) is 5.75 Å². The first kappa shape index (κ1) is 20.0. The van der Waals surface area contributed by atoms with Crippen LogP contribution in [-0.4, -0.2) is 32.3 Å². The number of hydrogen-bond acceptors (Lipinski definition) is 4. The third-order valence-corrected chi connectivity index (χ3v) is 3.56. The zero-order valence-corrected chi connectivity index (χ0v) is 14.5. The molecule has 5 nitrogen and oxygen atoms in total. The smallest absolute Gasteiger partial charge is 0.417 e. The minimum Gasteiger partial charge on any atom is -0.497 e. The number of alkyl halides is 3. The van der Waals surface area contributed by atoms with Crippen molar-refractivity contribution in [2.75, 3.05) is 19.5 Å². The number of rotatable bonds is 5. The number of anilines is 1. The monoisotopic (exact) mass is 379 g/mol. The highest BCUT2D eigenvalue weighted by Crippen LogP contribution is 2.34. The zero-order chi connectivity index (χ0) is 20.0. The van der Waals surface area contributed by atoms with Crippen molar-refractivity contribution in [3.05, 3.63) is 65.7 Å². The van der Waals surface area contributed by atoms with Gasteiger partial charge in [-0.1, -0.05) is 30.3 Å². The molecule has 0 saturated heterocycles. The van der Waals surface area contributed by atoms with Crippen molar-refractivity contribution >= 4 is 23.1 Å². The van der Waals surface area contributed by atoms with Crippen molar-refractivity contribution in [2.45, 2.75) is 6.18 Å². The summed E-state index contributed by atoms with van der Waals surface area (Å²) in [5, 5.41) is 2.28. The van der Waals surface area contributed by atoms with Crippen molar-refractivity contribution in [3.63, 3.8) is 0 Å². The number of methoxy groups -OCH3 is 2. The third kappa shape index (κ3) is 5.10. The van der Waals surface area contributed by atoms with Gasteiger partial charge in [-0.15, -0.1) is 0 Å². The molecule has 2 aromatic rings. The molecule has 27 heavy (non-hydrogen) atoms. The second kappa shape index (κ2) is 8.39. The molecule has 0 atom stereocenters. The van der Waals surface area contributed by atoms with Gasteiger partial charge in [0, 0.05) is 6.08 Å². The maximum Gasteiger partial charge on any atom is 0.417 e. The second-order valence-corrected chi connectivity index (χ2v) is 5.31. The lowest BCUT2D eigenvalue weighted by molar-refractivity contribution is -0.112. The number of carbonyl (C=O) groups excluding carboxylic acids is 2. The van der Waals surface area contributed by atoms with Crippen LogP contribution in [0.5, 0.6) is 5.75 Å². The average molecular weight is 379 g/mol. The van der Waals surface area contributed by atoms with E-state index in [0.29, 0.717) is 11.8 Å². The van der Waals surface area contributed by atoms with Gasteiger partial charge >= 0.3 is 12.1 Å². The van der Waals surface area contributed by atoms with E-state index >= 15 is 0 Å². The Morgan fingerprint density at radius 1 is 1.04 bits per heavy atom. The van der Waals surface area contributed by atoms with Crippen LogP contribution in [0.2, 0.25) is 0 Å². The summed E-state index contributed by atoms with van der Waals surface area (Å²) < 4.78 is 49.6. The molecule has 0 radical (unpaired) electrons. The predicted molar refractivity (Wildman–Crippen MR) is 93.4 cm³/mol. The highest BCUT2D eigenvalue weighted by molar-refractivity contribution is 6.08. The molecular weight excluding hydrogens is 363 g/mol. The van der Waals surface area contributed by atoms with Crippen LogP contribution < -0.4 is 10.1 Å². The molecule has 0 heterocycles. The zero-order valence-electron chi connectivity index (χ0n) is 14.5. The number of allylic oxidation sites excluding steroid dienone is 1. The Morgan fingerprint density at radius 2 is 1.70 bits per heavy atom. The summed E-state index contributed by atoms with van der Waals surface area (Å²) in [6.07, 6.45) is -4.29. The molecule has 0 fully saturated rings. The summed E-state index contributed by atoms with van der Waals surface area (Å²) >= 11 is 0. The number of nitrogens with one attached hydrogen (secondary N) is 1. The fourth-order valence-corrected chi connectivity index (χ4v) is 2.28. The van der Waals surface area contributed by atoms with Crippen molar-refractivity contribution in [3.8, 4) is 5.75 Å². The maximum absolute atomic E-state index is 13.3. The molecule has 0 aliphatic rings. The molecule has 8 heteroatoms. The number of esters is 1. The van der Waals surface area contributed by atoms with Gasteiger partial charge in [0.05, 0.1) is 31.0 Å². The van der Waals surface area contributed by atoms with Crippen molar-refractivity contribution in [1.29, 1.82) is 0 Å². The topological polar surface area (TPSA) is 64.6 Å². The third-order valence-electron chi connectivity index (χ3n) is 3.56. The molecular formula is C19H16F3NO4. The molecule has 0 aliphatic heterocycles. The van der Waals surface area contributed by atoms with Gasteiger partial charge in [-0.05, 0) is 23.8 Å². The summed E-state index contributed by atoms with van der Waals surface area (Å²) in [6, 6.07) is 11.0. The minimum absolute atomic E-state index is 0.00140. The maximum atomic E-state index is 13.3. The van der Waals surface area contributed by atoms with E-state index in [0.717, 1.165) is 7.11 Å². The molecule has 0 aliphatic carbocycles. The first-order valence-electron chi connectivity index (χ1n) is 7.68. The molecule has 0 bridgehead atoms. The second-order valence-electron chi connectivity index (χ2n) is 5.31. The van der Waals surface area contributed by atoms with Gasteiger partial charge in [0.25, 0.3) is 0 Å². The fourth-order valence-electron chi connectivity index (χ4n) is 2.28. The molecule has 0 unspecified atom stereocenters. The molecule has 2 rings (SSSR count). The number of benzene rings is 2. The van der Waals surface area contributed by atoms with Gasteiger partial charge in [0.2, 0.25) is 5.91 Å². The van der Waals surface area contributed by atoms with Gasteiger partial charge in [-0.2, -0.15) is 13.2 Å². The lowest BCUT2D eigenvalue weighted by Gasteiger charge is -2.13. The minimum atomic E-state index is -4.73. The quantitative estimate of drug-likeness (QED) is 0.628. The van der Waals surface area contributed by atoms with Crippen LogP contribution in [0.4, 0.5) is 18.9 Å². The normalized spacial score (nSPS) is 11.7. The van der Waals surface area contributed by atoms with Crippen LogP contribution in [0.15, 0.2) is 54.6 Å². The van der Waals surface area contributed by atoms with Crippen LogP contribution in [0.1, 0.15) is 15.9 Å². The molecule has 142 valence electrons. The van der Waals surface area contributed by atoms with Gasteiger partial charge < -0.3 is 14.8 Å². The lowest BCUT2D eigenvalue weighted by atomic mass is 10.0. The van der Waals surface area contributed by atoms with Crippen LogP contribution in [0.25, 0.3) is 5.57 Å². The van der Waals surface area contributed by atoms with E-state index in [1.165, 1.54) is 49.6 Å². The number of hydrogen-bond donors (Lipinski definition) is 1. The van der Waals surface area contributed by atoms with E-state index in [-0.39, 0.29) is 16.8 Å². The number of halogens is 3. The van der Waals surface area contributed by atoms with E-state index in [4.69, 9.17) is 4.74 Å². The summed E-state index contributed by atoms with van der Waals surface area (Å²) in [7, 11) is 2.53. The van der Waals surface area contributed by atoms with Crippen molar-refractivity contribution < 1.29 is 32.2 Å². The highest BCUT2D eigenvalue weighted by Gasteiger charge is 2.35. The van der Waals surface area contributed by atoms with E-state index in [9.17, 15) is 22.8 Å². The van der Waals surface area contributed by atoms with E-state index in [2.05, 4.69) is 10.1 Å². The Morgan fingerprint density at radius 3 is 2.26 bits per heavy atom. The SMILES string of the molecule is COC(=O)c1cc(OC)ccc1NC(=O)/C=C(/c1ccccc1)C(F)(F)F. The molecule has 0 saturated carbocycles. The fraction of sp³-hybridized carbons (Fsp3) is 0.158. The summed E-state index contributed by atoms with van der Waals surface area (Å²) in [5.74, 6) is -1.49. The largest absolute Gasteiger partial charge is 0.497 e. The Kier molecular flexibility index (Phi) is 6.23. The summed E-state index contributed by atoms with van der Waals surface area (Å²) in [6.45, 7) is 0. The molecule has 2 aromatic carbocycles. The van der Waals surface area contributed by atoms with Gasteiger partial charge in [-0.3, -0.25) is 4.79 Å². The summed E-state index contributed by atoms with van der Waals surface area (Å²) in [4.78, 5) is 24.1. The van der Waals surface area contributed by atoms with Crippen LogP contribution >= 0.6 is 0 Å². The molecule has 0 aromatic heterocycles.